The van der Waals surface area contributed by atoms with Gasteiger partial charge in [0.05, 0.1) is 0 Å². The third-order valence-electron chi connectivity index (χ3n) is 0. The fourth-order valence-corrected chi connectivity index (χ4v) is 0. The monoisotopic (exact) mass is 124 g/mol. The van der Waals surface area contributed by atoms with Crippen molar-refractivity contribution in [1.82, 2.24) is 0 Å². The van der Waals surface area contributed by atoms with Crippen LogP contribution in [0.3, 0.4) is 0 Å². The van der Waals surface area contributed by atoms with Crippen LogP contribution in [-0.4, -0.2) is 30.9 Å². The Hall–Kier alpha value is 1.31. The molecule has 0 fully saturated rings. The van der Waals surface area contributed by atoms with E-state index in [-0.39, 0.29) is 23.1 Å². The Bertz CT molecular complexity index is 6.00. The minimum absolute atomic E-state index is 0. The molecule has 20 valence electrons. The molecule has 0 aliphatic rings. The van der Waals surface area contributed by atoms with E-state index in [0.717, 1.165) is 0 Å². The Morgan fingerprint density at radius 3 is 1.25 bits per heavy atom. The van der Waals surface area contributed by atoms with Crippen LogP contribution < -0.4 is 0 Å². The summed E-state index contributed by atoms with van der Waals surface area (Å²) in [4.78, 5) is 0. The van der Waals surface area contributed by atoms with Crippen LogP contribution in [0, 0.1) is 0 Å². The van der Waals surface area contributed by atoms with Crippen molar-refractivity contribution in [2.24, 2.45) is 0 Å². The average Bonchev–Trinajstić information content (AvgIpc) is 0.918. The SMILES string of the molecule is [MgH2].[OH][Zn][OH]. The Kier molecular flexibility index (Phi) is 19.9. The van der Waals surface area contributed by atoms with Gasteiger partial charge in [-0.2, -0.15) is 0 Å². The molecule has 0 amide bonds. The van der Waals surface area contributed by atoms with Crippen molar-refractivity contribution in [1.29, 1.82) is 0 Å². The first-order valence-corrected chi connectivity index (χ1v) is 3.29. The summed E-state index contributed by atoms with van der Waals surface area (Å²) in [6.45, 7) is 0. The zero-order valence-corrected chi connectivity index (χ0v) is 4.57. The van der Waals surface area contributed by atoms with Gasteiger partial charge in [-0.25, -0.2) is 0 Å². The van der Waals surface area contributed by atoms with Gasteiger partial charge in [-0.05, 0) is 0 Å². The van der Waals surface area contributed by atoms with Crippen LogP contribution in [0.5, 0.6) is 0 Å². The van der Waals surface area contributed by atoms with E-state index in [4.69, 9.17) is 7.87 Å². The Morgan fingerprint density at radius 1 is 1.25 bits per heavy atom. The summed E-state index contributed by atoms with van der Waals surface area (Å²) in [5.74, 6) is 0. The Balaban J connectivity index is 0. The van der Waals surface area contributed by atoms with Gasteiger partial charge in [-0.3, -0.25) is 0 Å². The van der Waals surface area contributed by atoms with Gasteiger partial charge in [0.2, 0.25) is 0 Å². The van der Waals surface area contributed by atoms with Crippen molar-refractivity contribution in [2.75, 3.05) is 0 Å². The van der Waals surface area contributed by atoms with Crippen LogP contribution in [0.15, 0.2) is 0 Å². The van der Waals surface area contributed by atoms with Gasteiger partial charge >= 0.3 is 48.8 Å². The van der Waals surface area contributed by atoms with E-state index in [0.29, 0.717) is 0 Å². The van der Waals surface area contributed by atoms with Crippen molar-refractivity contribution in [3.05, 3.63) is 0 Å². The van der Waals surface area contributed by atoms with Crippen molar-refractivity contribution < 1.29 is 25.7 Å². The molecule has 0 rings (SSSR count). The maximum atomic E-state index is 7.31. The standard InChI is InChI=1S/Mg.2H2O.Zn.2H/h;2*1H2;;;/q;;;+2;;/p-2. The van der Waals surface area contributed by atoms with Crippen molar-refractivity contribution in [2.45, 2.75) is 0 Å². The topological polar surface area (TPSA) is 40.5 Å². The van der Waals surface area contributed by atoms with E-state index in [1.807, 2.05) is 0 Å². The molecule has 0 unspecified atom stereocenters. The summed E-state index contributed by atoms with van der Waals surface area (Å²) in [5.41, 5.74) is 0. The molecule has 0 atom stereocenters. The summed E-state index contributed by atoms with van der Waals surface area (Å²) in [5, 5.41) is 0. The van der Waals surface area contributed by atoms with Crippen LogP contribution in [-0.2, 0) is 17.8 Å². The van der Waals surface area contributed by atoms with Crippen LogP contribution in [0.4, 0.5) is 0 Å². The summed E-state index contributed by atoms with van der Waals surface area (Å²) in [6, 6.07) is 0. The zero-order chi connectivity index (χ0) is 2.71. The molecule has 0 bridgehead atoms. The second-order valence-electron chi connectivity index (χ2n) is 0.141. The summed E-state index contributed by atoms with van der Waals surface area (Å²) in [6.07, 6.45) is 0. The number of rotatable bonds is 0. The predicted molar refractivity (Wildman–Crippen MR) is 13.0 cm³/mol. The molecule has 0 aromatic rings. The molecule has 0 spiro atoms. The van der Waals surface area contributed by atoms with Crippen LogP contribution in [0.25, 0.3) is 0 Å². The summed E-state index contributed by atoms with van der Waals surface area (Å²) < 4.78 is 14.6. The van der Waals surface area contributed by atoms with E-state index in [9.17, 15) is 0 Å². The molecule has 0 aliphatic carbocycles. The van der Waals surface area contributed by atoms with Crippen LogP contribution in [0.1, 0.15) is 0 Å². The second-order valence-corrected chi connectivity index (χ2v) is 0.735. The molecule has 0 heterocycles. The Morgan fingerprint density at radius 2 is 1.25 bits per heavy atom. The quantitative estimate of drug-likeness (QED) is 0.367. The van der Waals surface area contributed by atoms with Gasteiger partial charge in [0.1, 0.15) is 0 Å². The fourth-order valence-electron chi connectivity index (χ4n) is 0. The first kappa shape index (κ1) is 9.00. The van der Waals surface area contributed by atoms with Gasteiger partial charge in [0.15, 0.2) is 0 Å². The van der Waals surface area contributed by atoms with Gasteiger partial charge in [0, 0.05) is 0 Å². The van der Waals surface area contributed by atoms with E-state index in [2.05, 4.69) is 0 Å². The molecule has 0 aromatic carbocycles. The number of hydrogen-bond donors (Lipinski definition) is 2. The molecule has 4 heavy (non-hydrogen) atoms. The van der Waals surface area contributed by atoms with E-state index >= 15 is 0 Å². The molecule has 0 aromatic heterocycles. The van der Waals surface area contributed by atoms with Crippen LogP contribution >= 0.6 is 0 Å². The zero-order valence-electron chi connectivity index (χ0n) is 1.60. The fraction of sp³-hybridized carbons (Fsp3) is 0. The van der Waals surface area contributed by atoms with Crippen molar-refractivity contribution in [3.63, 3.8) is 0 Å². The minimum atomic E-state index is -1.88. The van der Waals surface area contributed by atoms with Crippen molar-refractivity contribution in [3.8, 4) is 0 Å². The molecule has 4 heteroatoms. The summed E-state index contributed by atoms with van der Waals surface area (Å²) >= 11 is -1.88. The van der Waals surface area contributed by atoms with E-state index < -0.39 is 17.8 Å². The summed E-state index contributed by atoms with van der Waals surface area (Å²) in [7, 11) is 0. The van der Waals surface area contributed by atoms with E-state index in [1.165, 1.54) is 0 Å². The van der Waals surface area contributed by atoms with Gasteiger partial charge < -0.3 is 0 Å². The molecule has 0 saturated heterocycles. The van der Waals surface area contributed by atoms with Gasteiger partial charge in [-0.15, -0.1) is 0 Å². The molecule has 0 aliphatic heterocycles. The molecule has 0 saturated carbocycles. The first-order valence-electron chi connectivity index (χ1n) is 0.632. The molecular weight excluding hydrogens is 122 g/mol. The molecule has 0 radical (unpaired) electrons. The third-order valence-corrected chi connectivity index (χ3v) is 0. The third kappa shape index (κ3) is 10.3. The Labute approximate surface area is 48.8 Å². The van der Waals surface area contributed by atoms with Gasteiger partial charge in [0.25, 0.3) is 0 Å². The molecule has 2 N–H and O–H groups in total. The molecule has 2 nitrogen and oxygen atoms in total. The average molecular weight is 126 g/mol. The van der Waals surface area contributed by atoms with Crippen molar-refractivity contribution >= 4 is 23.1 Å². The first-order chi connectivity index (χ1) is 1.41. The second kappa shape index (κ2) is 8.85. The van der Waals surface area contributed by atoms with E-state index in [1.54, 1.807) is 0 Å². The normalized spacial score (nSPS) is 2.50. The van der Waals surface area contributed by atoms with Crippen LogP contribution in [0.2, 0.25) is 0 Å². The molecular formula is H4MgO2Zn. The van der Waals surface area contributed by atoms with Gasteiger partial charge in [-0.1, -0.05) is 0 Å². The number of hydrogen-bond acceptors (Lipinski definition) is 2. The predicted octanol–water partition coefficient (Wildman–Crippen LogP) is -2.03. The maximum absolute atomic E-state index is 7.31.